The Balaban J connectivity index is 0.000000276. The Morgan fingerprint density at radius 1 is 0.907 bits per heavy atom. The molecule has 6 rings (SSSR count). The Morgan fingerprint density at radius 2 is 1.33 bits per heavy atom. The van der Waals surface area contributed by atoms with Gasteiger partial charge in [0.05, 0.1) is 37.2 Å². The van der Waals surface area contributed by atoms with E-state index in [0.29, 0.717) is 0 Å². The van der Waals surface area contributed by atoms with Gasteiger partial charge in [-0.3, -0.25) is 53.1 Å². The van der Waals surface area contributed by atoms with Gasteiger partial charge in [-0.15, -0.1) is 0 Å². The first kappa shape index (κ1) is 37.7. The van der Waals surface area contributed by atoms with Gasteiger partial charge in [-0.1, -0.05) is 27.7 Å². The molecule has 2 unspecified atom stereocenters. The molecule has 2 aliphatic heterocycles. The molecule has 22 nitrogen and oxygen atoms in total. The van der Waals surface area contributed by atoms with Crippen LogP contribution in [-0.2, 0) is 33.4 Å². The number of rotatable bonds is 8. The first-order valence-corrected chi connectivity index (χ1v) is 18.1. The molecule has 0 aliphatic carbocycles. The van der Waals surface area contributed by atoms with Crippen LogP contribution in [0, 0.1) is 11.8 Å². The number of amides is 2. The minimum atomic E-state index is -3.73. The number of nitrogens with one attached hydrogen (secondary N) is 4. The maximum Gasteiger partial charge on any atom is 0.280 e. The van der Waals surface area contributed by atoms with E-state index < -0.39 is 58.1 Å². The predicted octanol–water partition coefficient (Wildman–Crippen LogP) is -0.0343. The molecule has 0 spiro atoms. The van der Waals surface area contributed by atoms with E-state index in [1.165, 1.54) is 36.0 Å². The average molecular weight is 791 g/mol. The molecule has 7 N–H and O–H groups in total. The lowest BCUT2D eigenvalue weighted by Crippen LogP contribution is -2.24. The number of ether oxygens (including phenoxy) is 2. The van der Waals surface area contributed by atoms with E-state index in [-0.39, 0.29) is 84.5 Å². The van der Waals surface area contributed by atoms with Gasteiger partial charge in [0.15, 0.2) is 22.3 Å². The number of hydrogen-bond acceptors (Lipinski definition) is 16. The third-order valence-corrected chi connectivity index (χ3v) is 8.30. The number of imidazole rings is 2. The van der Waals surface area contributed by atoms with Gasteiger partial charge in [-0.05, 0) is 13.8 Å². The molecule has 0 bridgehead atoms. The monoisotopic (exact) mass is 790 g/mol. The van der Waals surface area contributed by atoms with Crippen LogP contribution in [0.25, 0.3) is 22.3 Å². The van der Waals surface area contributed by atoms with Gasteiger partial charge in [0.1, 0.15) is 18.6 Å². The zero-order valence-electron chi connectivity index (χ0n) is 34.6. The topological polar surface area (TPSA) is 308 Å². The molecule has 0 saturated carbocycles. The summed E-state index contributed by atoms with van der Waals surface area (Å²) in [6.07, 6.45) is -0.156. The van der Waals surface area contributed by atoms with Crippen molar-refractivity contribution < 1.29 is 49.7 Å². The van der Waals surface area contributed by atoms with Crippen molar-refractivity contribution in [1.29, 1.82) is 2.86 Å². The summed E-state index contributed by atoms with van der Waals surface area (Å²) in [5.41, 5.74) is -0.446. The standard InChI is InChI=1S/C15H21N5O6S.C14H19N5O4.2CH4O/c1-7(2)13(21)18-15-17-12-11(14(22)19-15)16-6-20(12)10-5-9(8(3)25-10)26-27(4,23)24;1-6(2)12(21)17-14-16-11-10(13(22)18-14)15-5-19(11)9-4-8(20)7(3)23-9;2*1-2/h6-10H,5H2,1-4H3,(H2,17,18,19,21,22);5-9,20H,4H2,1-3H3,(H2,16,17,18,21,22);2*2H,1H3/t8-,9-,10?;7-,8+,9?;;/m11../s1/i2*3D;2*2T. The molecular weight excluding hydrogens is 736 g/mol. The molecule has 4 aromatic rings. The van der Waals surface area contributed by atoms with Gasteiger partial charge in [-0.25, -0.2) is 9.97 Å². The summed E-state index contributed by atoms with van der Waals surface area (Å²) < 4.78 is 68.6. The van der Waals surface area contributed by atoms with Crippen molar-refractivity contribution in [2.45, 2.75) is 91.2 Å². The van der Waals surface area contributed by atoms with E-state index in [2.05, 4.69) is 50.8 Å². The number of aliphatic hydroxyl groups excluding tert-OH is 3. The van der Waals surface area contributed by atoms with Crippen molar-refractivity contribution in [3.05, 3.63) is 33.4 Å². The lowest BCUT2D eigenvalue weighted by molar-refractivity contribution is -0.119. The van der Waals surface area contributed by atoms with Gasteiger partial charge in [0.2, 0.25) is 26.6 Å². The molecule has 23 heteroatoms. The number of nitrogens with zero attached hydrogens (tertiary/aromatic N) is 6. The fourth-order valence-electron chi connectivity index (χ4n) is 5.00. The number of aromatic amines is 2. The van der Waals surface area contributed by atoms with E-state index >= 15 is 0 Å². The van der Waals surface area contributed by atoms with Gasteiger partial charge >= 0.3 is 0 Å². The first-order chi connectivity index (χ1) is 27.3. The lowest BCUT2D eigenvalue weighted by Gasteiger charge is -2.13. The van der Waals surface area contributed by atoms with Crippen molar-refractivity contribution >= 4 is 56.2 Å². The van der Waals surface area contributed by atoms with Crippen LogP contribution in [-0.4, -0.2) is 122 Å². The Hall–Kier alpha value is -4.65. The van der Waals surface area contributed by atoms with Crippen LogP contribution in [0.15, 0.2) is 22.2 Å². The highest BCUT2D eigenvalue weighted by Crippen LogP contribution is 2.33. The number of carbonyl (C=O) groups is 2. The molecule has 2 saturated heterocycles. The van der Waals surface area contributed by atoms with Gasteiger partial charge in [0.25, 0.3) is 21.2 Å². The van der Waals surface area contributed by atoms with E-state index in [1.54, 1.807) is 27.7 Å². The van der Waals surface area contributed by atoms with Crippen molar-refractivity contribution in [1.82, 2.24) is 39.0 Å². The Morgan fingerprint density at radius 3 is 1.72 bits per heavy atom. The summed E-state index contributed by atoms with van der Waals surface area (Å²) in [5.74, 6) is -1.16. The van der Waals surface area contributed by atoms with Crippen LogP contribution in [0.4, 0.5) is 11.9 Å². The minimum absolute atomic E-state index is 0.0306. The molecule has 2 amide bonds. The summed E-state index contributed by atoms with van der Waals surface area (Å²) >= 11 is 0. The van der Waals surface area contributed by atoms with Crippen LogP contribution in [0.1, 0.15) is 69.5 Å². The van der Waals surface area contributed by atoms with Crippen molar-refractivity contribution in [2.75, 3.05) is 31.1 Å². The second kappa shape index (κ2) is 18.6. The van der Waals surface area contributed by atoms with Crippen molar-refractivity contribution in [3.8, 4) is 0 Å². The average Bonchev–Trinajstić information content (AvgIpc) is 3.93. The molecule has 0 aromatic carbocycles. The maximum absolute atomic E-state index is 12.3. The third kappa shape index (κ3) is 10.5. The second-order valence-corrected chi connectivity index (χ2v) is 14.0. The Bertz CT molecular complexity index is 2220. The Labute approximate surface area is 315 Å². The van der Waals surface area contributed by atoms with Crippen LogP contribution >= 0.6 is 0 Å². The number of aliphatic hydroxyl groups is 3. The molecule has 6 heterocycles. The molecule has 6 atom stereocenters. The van der Waals surface area contributed by atoms with E-state index in [4.69, 9.17) is 19.3 Å². The zero-order valence-corrected chi connectivity index (χ0v) is 31.4. The molecule has 54 heavy (non-hydrogen) atoms. The SMILES string of the molecule is [2H]C[C@H]1OC(n2cnc3c(=O)[nH]c(NC(=O)C(C)C)nc32)C[C@@H]1O.[2H]C[C@H]1OC(n2cnc3c(=O)[nH]c(NC(=O)C(C)C)nc32)C[C@H]1OS(C)(=O)=O.[3H]OC.[3H]OC. The van der Waals surface area contributed by atoms with E-state index in [1.807, 2.05) is 0 Å². The zero-order chi connectivity index (χ0) is 43.5. The Kier molecular flexibility index (Phi) is 13.0. The largest absolute Gasteiger partial charge is 0.400 e. The molecule has 4 aromatic heterocycles. The summed E-state index contributed by atoms with van der Waals surface area (Å²) in [6, 6.07) is 0. The number of aromatic nitrogens is 8. The number of fused-ring (bicyclic) bond motifs is 2. The van der Waals surface area contributed by atoms with Crippen LogP contribution < -0.4 is 21.8 Å². The number of hydrogen-bond donors (Lipinski definition) is 7. The third-order valence-electron chi connectivity index (χ3n) is 7.70. The fraction of sp³-hybridized carbons (Fsp3) is 0.613. The summed E-state index contributed by atoms with van der Waals surface area (Å²) in [5, 5.41) is 22.0. The quantitative estimate of drug-likeness (QED) is 0.115. The lowest BCUT2D eigenvalue weighted by atomic mass is 10.2. The van der Waals surface area contributed by atoms with Gasteiger partial charge in [0, 0.05) is 41.6 Å². The maximum atomic E-state index is 12.3. The van der Waals surface area contributed by atoms with Gasteiger partial charge < -0.3 is 24.8 Å². The van der Waals surface area contributed by atoms with Crippen LogP contribution in [0.2, 0.25) is 0 Å². The highest BCUT2D eigenvalue weighted by atomic mass is 32.2. The fourth-order valence-corrected chi connectivity index (χ4v) is 5.65. The number of anilines is 2. The van der Waals surface area contributed by atoms with E-state index in [9.17, 15) is 32.7 Å². The highest BCUT2D eigenvalue weighted by molar-refractivity contribution is 7.86. The molecule has 2 fully saturated rings. The second-order valence-electron chi connectivity index (χ2n) is 12.4. The normalized spacial score (nSPS) is 23.2. The van der Waals surface area contributed by atoms with Crippen LogP contribution in [0.3, 0.4) is 0 Å². The number of H-pyrrole nitrogens is 2. The predicted molar refractivity (Wildman–Crippen MR) is 194 cm³/mol. The van der Waals surface area contributed by atoms with E-state index in [0.717, 1.165) is 6.26 Å². The molecule has 300 valence electrons. The minimum Gasteiger partial charge on any atom is -0.400 e. The molecule has 0 radical (unpaired) electrons. The van der Waals surface area contributed by atoms with Crippen molar-refractivity contribution in [2.24, 2.45) is 11.8 Å². The molecular formula is C31H48N10O12S. The summed E-state index contributed by atoms with van der Waals surface area (Å²) in [6.45, 7) is 6.59. The van der Waals surface area contributed by atoms with Gasteiger partial charge in [-0.2, -0.15) is 18.4 Å². The summed E-state index contributed by atoms with van der Waals surface area (Å²) in [7, 11) is -1.14. The molecule has 2 aliphatic rings. The highest BCUT2D eigenvalue weighted by Gasteiger charge is 2.37. The van der Waals surface area contributed by atoms with Crippen LogP contribution in [0.5, 0.6) is 0 Å². The first-order valence-electron chi connectivity index (χ1n) is 18.5. The smallest absolute Gasteiger partial charge is 0.280 e. The summed E-state index contributed by atoms with van der Waals surface area (Å²) in [4.78, 5) is 69.5. The number of carbonyl (C=O) groups excluding carboxylic acids is 2. The van der Waals surface area contributed by atoms with Crippen molar-refractivity contribution in [3.63, 3.8) is 0 Å².